The molecule has 1 saturated carbocycles. The van der Waals surface area contributed by atoms with Crippen LogP contribution in [0, 0.1) is 5.92 Å². The van der Waals surface area contributed by atoms with E-state index in [4.69, 9.17) is 5.73 Å². The summed E-state index contributed by atoms with van der Waals surface area (Å²) in [6.07, 6.45) is 2.75. The fraction of sp³-hybridized carbons (Fsp3) is 0.500. The summed E-state index contributed by atoms with van der Waals surface area (Å²) in [5.74, 6) is 0.122. The van der Waals surface area contributed by atoms with Crippen molar-refractivity contribution in [3.05, 3.63) is 29.3 Å². The van der Waals surface area contributed by atoms with Crippen molar-refractivity contribution in [2.75, 3.05) is 13.1 Å². The van der Waals surface area contributed by atoms with E-state index in [9.17, 15) is 13.2 Å². The number of benzene rings is 1. The first-order chi connectivity index (χ1) is 10.0. The smallest absolute Gasteiger partial charge is 0.251 e. The van der Waals surface area contributed by atoms with Crippen molar-refractivity contribution < 1.29 is 13.2 Å². The first-order valence-electron chi connectivity index (χ1n) is 7.15. The van der Waals surface area contributed by atoms with Gasteiger partial charge in [-0.3, -0.25) is 4.79 Å². The molecule has 0 aromatic heterocycles. The second-order valence-electron chi connectivity index (χ2n) is 5.63. The summed E-state index contributed by atoms with van der Waals surface area (Å²) in [6.45, 7) is 0.877. The van der Waals surface area contributed by atoms with E-state index < -0.39 is 10.0 Å². The van der Waals surface area contributed by atoms with Crippen LogP contribution in [-0.4, -0.2) is 33.5 Å². The first kappa shape index (κ1) is 14.5. The SMILES string of the molecule is NCC(NS(=O)(=O)c1ccc2c(c1)C(=O)NCC2)C1CC1. The lowest BCUT2D eigenvalue weighted by Gasteiger charge is -2.19. The van der Waals surface area contributed by atoms with Gasteiger partial charge in [0.15, 0.2) is 0 Å². The molecule has 3 rings (SSSR count). The molecule has 0 bridgehead atoms. The maximum Gasteiger partial charge on any atom is 0.251 e. The highest BCUT2D eigenvalue weighted by molar-refractivity contribution is 7.89. The van der Waals surface area contributed by atoms with Crippen LogP contribution in [0.5, 0.6) is 0 Å². The summed E-state index contributed by atoms with van der Waals surface area (Å²) < 4.78 is 27.5. The van der Waals surface area contributed by atoms with E-state index >= 15 is 0 Å². The fourth-order valence-corrected chi connectivity index (χ4v) is 4.00. The van der Waals surface area contributed by atoms with Crippen molar-refractivity contribution in [1.29, 1.82) is 0 Å². The van der Waals surface area contributed by atoms with Gasteiger partial charge in [0.2, 0.25) is 10.0 Å². The Morgan fingerprint density at radius 3 is 2.81 bits per heavy atom. The predicted molar refractivity (Wildman–Crippen MR) is 78.4 cm³/mol. The number of nitrogens with one attached hydrogen (secondary N) is 2. The summed E-state index contributed by atoms with van der Waals surface area (Å²) in [5, 5.41) is 2.72. The summed E-state index contributed by atoms with van der Waals surface area (Å²) in [4.78, 5) is 11.9. The number of carbonyl (C=O) groups excluding carboxylic acids is 1. The summed E-state index contributed by atoms with van der Waals surface area (Å²) >= 11 is 0. The Labute approximate surface area is 124 Å². The molecule has 0 radical (unpaired) electrons. The van der Waals surface area contributed by atoms with Crippen molar-refractivity contribution in [2.45, 2.75) is 30.2 Å². The Balaban J connectivity index is 1.88. The summed E-state index contributed by atoms with van der Waals surface area (Å²) in [5.41, 5.74) is 6.97. The zero-order valence-corrected chi connectivity index (χ0v) is 12.4. The highest BCUT2D eigenvalue weighted by atomic mass is 32.2. The normalized spacial score (nSPS) is 19.8. The molecule has 114 valence electrons. The van der Waals surface area contributed by atoms with Crippen LogP contribution in [0.25, 0.3) is 0 Å². The van der Waals surface area contributed by atoms with Crippen LogP contribution >= 0.6 is 0 Å². The van der Waals surface area contributed by atoms with Crippen molar-refractivity contribution >= 4 is 15.9 Å². The lowest BCUT2D eigenvalue weighted by Crippen LogP contribution is -2.41. The van der Waals surface area contributed by atoms with Gasteiger partial charge in [0, 0.05) is 24.7 Å². The second kappa shape index (κ2) is 5.40. The third-order valence-electron chi connectivity index (χ3n) is 4.07. The molecule has 1 aromatic carbocycles. The monoisotopic (exact) mass is 309 g/mol. The number of carbonyl (C=O) groups is 1. The molecular formula is C14H19N3O3S. The molecule has 1 heterocycles. The Kier molecular flexibility index (Phi) is 3.73. The third-order valence-corrected chi connectivity index (χ3v) is 5.56. The zero-order valence-electron chi connectivity index (χ0n) is 11.6. The molecule has 1 aliphatic carbocycles. The van der Waals surface area contributed by atoms with Crippen LogP contribution < -0.4 is 15.8 Å². The van der Waals surface area contributed by atoms with Crippen LogP contribution in [-0.2, 0) is 16.4 Å². The average Bonchev–Trinajstić information content (AvgIpc) is 3.29. The molecule has 4 N–H and O–H groups in total. The quantitative estimate of drug-likeness (QED) is 0.712. The van der Waals surface area contributed by atoms with Crippen molar-refractivity contribution in [1.82, 2.24) is 10.0 Å². The van der Waals surface area contributed by atoms with Gasteiger partial charge in [-0.25, -0.2) is 13.1 Å². The van der Waals surface area contributed by atoms with E-state index in [0.29, 0.717) is 18.0 Å². The molecule has 21 heavy (non-hydrogen) atoms. The minimum Gasteiger partial charge on any atom is -0.352 e. The number of hydrogen-bond donors (Lipinski definition) is 3. The maximum atomic E-state index is 12.4. The molecular weight excluding hydrogens is 290 g/mol. The molecule has 1 atom stereocenters. The molecule has 0 saturated heterocycles. The lowest BCUT2D eigenvalue weighted by atomic mass is 10.0. The van der Waals surface area contributed by atoms with E-state index in [0.717, 1.165) is 24.8 Å². The topological polar surface area (TPSA) is 101 Å². The molecule has 7 heteroatoms. The van der Waals surface area contributed by atoms with Crippen molar-refractivity contribution in [3.8, 4) is 0 Å². The lowest BCUT2D eigenvalue weighted by molar-refractivity contribution is 0.0946. The molecule has 1 aromatic rings. The fourth-order valence-electron chi connectivity index (χ4n) is 2.66. The van der Waals surface area contributed by atoms with Crippen LogP contribution in [0.15, 0.2) is 23.1 Å². The van der Waals surface area contributed by atoms with Gasteiger partial charge in [-0.15, -0.1) is 0 Å². The van der Waals surface area contributed by atoms with E-state index in [1.807, 2.05) is 0 Å². The highest BCUT2D eigenvalue weighted by Crippen LogP contribution is 2.33. The molecule has 0 spiro atoms. The van der Waals surface area contributed by atoms with Gasteiger partial charge in [0.25, 0.3) is 5.91 Å². The van der Waals surface area contributed by atoms with Gasteiger partial charge in [0.05, 0.1) is 4.90 Å². The maximum absolute atomic E-state index is 12.4. The van der Waals surface area contributed by atoms with Crippen LogP contribution in [0.1, 0.15) is 28.8 Å². The molecule has 1 unspecified atom stereocenters. The number of amides is 1. The molecule has 1 aliphatic heterocycles. The standard InChI is InChI=1S/C14H19N3O3S/c15-8-13(10-1-2-10)17-21(19,20)11-4-3-9-5-6-16-14(18)12(9)7-11/h3-4,7,10,13,17H,1-2,5-6,8,15H2,(H,16,18). The van der Waals surface area contributed by atoms with Gasteiger partial charge in [-0.05, 0) is 42.9 Å². The van der Waals surface area contributed by atoms with E-state index in [1.54, 1.807) is 12.1 Å². The van der Waals surface area contributed by atoms with E-state index in [1.165, 1.54) is 6.07 Å². The number of nitrogens with two attached hydrogens (primary N) is 1. The number of fused-ring (bicyclic) bond motifs is 1. The minimum atomic E-state index is -3.64. The largest absolute Gasteiger partial charge is 0.352 e. The molecule has 1 fully saturated rings. The Morgan fingerprint density at radius 2 is 2.14 bits per heavy atom. The van der Waals surface area contributed by atoms with Crippen LogP contribution in [0.4, 0.5) is 0 Å². The van der Waals surface area contributed by atoms with Crippen molar-refractivity contribution in [2.24, 2.45) is 11.7 Å². The van der Waals surface area contributed by atoms with Gasteiger partial charge in [-0.2, -0.15) is 0 Å². The van der Waals surface area contributed by atoms with Crippen molar-refractivity contribution in [3.63, 3.8) is 0 Å². The summed E-state index contributed by atoms with van der Waals surface area (Å²) in [6, 6.07) is 4.50. The van der Waals surface area contributed by atoms with Gasteiger partial charge < -0.3 is 11.1 Å². The van der Waals surface area contributed by atoms with E-state index in [2.05, 4.69) is 10.0 Å². The Bertz CT molecular complexity index is 668. The highest BCUT2D eigenvalue weighted by Gasteiger charge is 2.33. The third kappa shape index (κ3) is 2.95. The molecule has 6 nitrogen and oxygen atoms in total. The average molecular weight is 309 g/mol. The summed E-state index contributed by atoms with van der Waals surface area (Å²) in [7, 11) is -3.64. The van der Waals surface area contributed by atoms with E-state index in [-0.39, 0.29) is 23.4 Å². The number of rotatable bonds is 5. The van der Waals surface area contributed by atoms with Gasteiger partial charge >= 0.3 is 0 Å². The second-order valence-corrected chi connectivity index (χ2v) is 7.34. The molecule has 1 amide bonds. The molecule has 2 aliphatic rings. The number of sulfonamides is 1. The number of hydrogen-bond acceptors (Lipinski definition) is 4. The first-order valence-corrected chi connectivity index (χ1v) is 8.63. The van der Waals surface area contributed by atoms with Crippen LogP contribution in [0.2, 0.25) is 0 Å². The Morgan fingerprint density at radius 1 is 1.38 bits per heavy atom. The van der Waals surface area contributed by atoms with Gasteiger partial charge in [0.1, 0.15) is 0 Å². The zero-order chi connectivity index (χ0) is 15.0. The van der Waals surface area contributed by atoms with Crippen LogP contribution in [0.3, 0.4) is 0 Å². The Hall–Kier alpha value is -1.44. The van der Waals surface area contributed by atoms with Gasteiger partial charge in [-0.1, -0.05) is 6.07 Å². The minimum absolute atomic E-state index is 0.123. The predicted octanol–water partition coefficient (Wildman–Crippen LogP) is -0.0119.